The summed E-state index contributed by atoms with van der Waals surface area (Å²) in [5, 5.41) is 0. The van der Waals surface area contributed by atoms with Gasteiger partial charge in [0.2, 0.25) is 5.91 Å². The Kier molecular flexibility index (Phi) is 4.90. The molecule has 1 aliphatic heterocycles. The first kappa shape index (κ1) is 18.9. The molecule has 0 aliphatic carbocycles. The molecule has 27 heavy (non-hydrogen) atoms. The zero-order valence-electron chi connectivity index (χ0n) is 14.7. The first-order valence-electron chi connectivity index (χ1n) is 8.15. The highest BCUT2D eigenvalue weighted by atomic mass is 19.4. The zero-order valence-corrected chi connectivity index (χ0v) is 14.7. The van der Waals surface area contributed by atoms with Gasteiger partial charge in [-0.3, -0.25) is 19.1 Å². The molecular weight excluding hydrogens is 365 g/mol. The molecule has 0 saturated carbocycles. The van der Waals surface area contributed by atoms with Crippen molar-refractivity contribution in [2.75, 3.05) is 13.1 Å². The fourth-order valence-corrected chi connectivity index (χ4v) is 2.58. The van der Waals surface area contributed by atoms with E-state index in [2.05, 4.69) is 9.97 Å². The Morgan fingerprint density at radius 1 is 1.30 bits per heavy atom. The fraction of sp³-hybridized carbons (Fsp3) is 0.412. The summed E-state index contributed by atoms with van der Waals surface area (Å²) in [5.41, 5.74) is -0.223. The van der Waals surface area contributed by atoms with Crippen LogP contribution >= 0.6 is 0 Å². The smallest absolute Gasteiger partial charge is 0.433 e. The Hall–Kier alpha value is -2.91. The van der Waals surface area contributed by atoms with Crippen molar-refractivity contribution in [1.82, 2.24) is 19.4 Å². The van der Waals surface area contributed by atoms with Gasteiger partial charge in [0, 0.05) is 23.5 Å². The molecule has 1 fully saturated rings. The molecule has 0 radical (unpaired) electrons. The summed E-state index contributed by atoms with van der Waals surface area (Å²) in [7, 11) is 0. The van der Waals surface area contributed by atoms with E-state index in [-0.39, 0.29) is 36.9 Å². The van der Waals surface area contributed by atoms with Crippen LogP contribution in [-0.2, 0) is 17.5 Å². The average Bonchev–Trinajstić information content (AvgIpc) is 2.57. The lowest BCUT2D eigenvalue weighted by Crippen LogP contribution is -2.57. The number of carbonyl (C=O) groups is 1. The van der Waals surface area contributed by atoms with E-state index in [1.54, 1.807) is 13.8 Å². The van der Waals surface area contributed by atoms with E-state index in [9.17, 15) is 22.8 Å². The van der Waals surface area contributed by atoms with Crippen LogP contribution in [0.15, 0.2) is 29.5 Å². The number of aryl methyl sites for hydroxylation is 1. The molecule has 0 aromatic carbocycles. The summed E-state index contributed by atoms with van der Waals surface area (Å²) in [4.78, 5) is 33.2. The normalized spacial score (nSPS) is 14.8. The number of ether oxygens (including phenoxy) is 1. The standard InChI is InChI=1S/C17H17F3N4O3/c1-10-11(2)22-9-24(16(10)26)8-15(25)23-6-13(7-23)27-12-3-4-21-14(5-12)17(18,19)20/h3-5,9,13H,6-8H2,1-2H3. The van der Waals surface area contributed by atoms with E-state index in [1.165, 1.54) is 21.9 Å². The zero-order chi connectivity index (χ0) is 19.8. The van der Waals surface area contributed by atoms with Gasteiger partial charge < -0.3 is 9.64 Å². The molecule has 0 N–H and O–H groups in total. The third-order valence-corrected chi connectivity index (χ3v) is 4.35. The van der Waals surface area contributed by atoms with Gasteiger partial charge in [0.25, 0.3) is 5.56 Å². The van der Waals surface area contributed by atoms with Crippen molar-refractivity contribution < 1.29 is 22.7 Å². The lowest BCUT2D eigenvalue weighted by molar-refractivity contribution is -0.141. The van der Waals surface area contributed by atoms with E-state index >= 15 is 0 Å². The Bertz CT molecular complexity index is 920. The highest BCUT2D eigenvalue weighted by Gasteiger charge is 2.35. The predicted molar refractivity (Wildman–Crippen MR) is 88.2 cm³/mol. The van der Waals surface area contributed by atoms with Gasteiger partial charge in [-0.25, -0.2) is 4.98 Å². The number of rotatable bonds is 4. The summed E-state index contributed by atoms with van der Waals surface area (Å²) in [5.74, 6) is -0.239. The summed E-state index contributed by atoms with van der Waals surface area (Å²) in [6.07, 6.45) is -2.61. The van der Waals surface area contributed by atoms with Crippen LogP contribution < -0.4 is 10.3 Å². The van der Waals surface area contributed by atoms with Gasteiger partial charge in [-0.15, -0.1) is 0 Å². The fourth-order valence-electron chi connectivity index (χ4n) is 2.58. The number of halogens is 3. The molecule has 0 unspecified atom stereocenters. The van der Waals surface area contributed by atoms with Crippen LogP contribution in [0.1, 0.15) is 17.0 Å². The first-order valence-corrected chi connectivity index (χ1v) is 8.15. The van der Waals surface area contributed by atoms with Crippen molar-refractivity contribution in [3.05, 3.63) is 52.0 Å². The maximum atomic E-state index is 12.7. The number of pyridine rings is 1. The lowest BCUT2D eigenvalue weighted by Gasteiger charge is -2.39. The van der Waals surface area contributed by atoms with Crippen LogP contribution in [-0.4, -0.2) is 44.5 Å². The van der Waals surface area contributed by atoms with E-state index in [4.69, 9.17) is 4.74 Å². The van der Waals surface area contributed by atoms with Gasteiger partial charge in [-0.1, -0.05) is 0 Å². The number of carbonyl (C=O) groups excluding carboxylic acids is 1. The quantitative estimate of drug-likeness (QED) is 0.802. The van der Waals surface area contributed by atoms with Crippen LogP contribution in [0.4, 0.5) is 13.2 Å². The lowest BCUT2D eigenvalue weighted by atomic mass is 10.1. The second-order valence-corrected chi connectivity index (χ2v) is 6.30. The van der Waals surface area contributed by atoms with Crippen LogP contribution in [0.5, 0.6) is 5.75 Å². The summed E-state index contributed by atoms with van der Waals surface area (Å²) in [6, 6.07) is 2.16. The molecule has 2 aromatic rings. The Balaban J connectivity index is 1.56. The van der Waals surface area contributed by atoms with E-state index in [0.29, 0.717) is 11.3 Å². The molecule has 144 valence electrons. The minimum absolute atomic E-state index is 0.0454. The van der Waals surface area contributed by atoms with Crippen molar-refractivity contribution in [1.29, 1.82) is 0 Å². The largest absolute Gasteiger partial charge is 0.487 e. The second-order valence-electron chi connectivity index (χ2n) is 6.30. The molecular formula is C17H17F3N4O3. The van der Waals surface area contributed by atoms with Crippen LogP contribution in [0.3, 0.4) is 0 Å². The maximum Gasteiger partial charge on any atom is 0.433 e. The Morgan fingerprint density at radius 2 is 2.00 bits per heavy atom. The van der Waals surface area contributed by atoms with Crippen LogP contribution in [0, 0.1) is 13.8 Å². The van der Waals surface area contributed by atoms with Gasteiger partial charge in [0.1, 0.15) is 24.1 Å². The van der Waals surface area contributed by atoms with E-state index in [0.717, 1.165) is 12.3 Å². The van der Waals surface area contributed by atoms with Gasteiger partial charge in [0.15, 0.2) is 0 Å². The van der Waals surface area contributed by atoms with Crippen molar-refractivity contribution >= 4 is 5.91 Å². The van der Waals surface area contributed by atoms with Crippen LogP contribution in [0.2, 0.25) is 0 Å². The third-order valence-electron chi connectivity index (χ3n) is 4.35. The number of likely N-dealkylation sites (tertiary alicyclic amines) is 1. The molecule has 1 saturated heterocycles. The third kappa shape index (κ3) is 4.09. The highest BCUT2D eigenvalue weighted by molar-refractivity contribution is 5.77. The van der Waals surface area contributed by atoms with Gasteiger partial charge in [-0.2, -0.15) is 13.2 Å². The van der Waals surface area contributed by atoms with Crippen molar-refractivity contribution in [3.63, 3.8) is 0 Å². The number of aromatic nitrogens is 3. The molecule has 0 bridgehead atoms. The predicted octanol–water partition coefficient (Wildman–Crippen LogP) is 1.56. The number of amides is 1. The summed E-state index contributed by atoms with van der Waals surface area (Å²) in [6.45, 7) is 3.67. The Labute approximate surface area is 152 Å². The van der Waals surface area contributed by atoms with Gasteiger partial charge in [0.05, 0.1) is 19.4 Å². The summed E-state index contributed by atoms with van der Waals surface area (Å²) < 4.78 is 44.7. The molecule has 2 aromatic heterocycles. The SMILES string of the molecule is Cc1ncn(CC(=O)N2CC(Oc3ccnc(C(F)(F)F)c3)C2)c(=O)c1C. The second kappa shape index (κ2) is 7.01. The molecule has 0 atom stereocenters. The molecule has 1 amide bonds. The number of hydrogen-bond donors (Lipinski definition) is 0. The van der Waals surface area contributed by atoms with Crippen LogP contribution in [0.25, 0.3) is 0 Å². The summed E-state index contributed by atoms with van der Waals surface area (Å²) >= 11 is 0. The van der Waals surface area contributed by atoms with Crippen molar-refractivity contribution in [2.24, 2.45) is 0 Å². The van der Waals surface area contributed by atoms with Crippen molar-refractivity contribution in [2.45, 2.75) is 32.7 Å². The maximum absolute atomic E-state index is 12.7. The molecule has 1 aliphatic rings. The number of alkyl halides is 3. The molecule has 7 nitrogen and oxygen atoms in total. The van der Waals surface area contributed by atoms with Gasteiger partial charge >= 0.3 is 6.18 Å². The first-order chi connectivity index (χ1) is 12.6. The minimum Gasteiger partial charge on any atom is -0.487 e. The monoisotopic (exact) mass is 382 g/mol. The average molecular weight is 382 g/mol. The Morgan fingerprint density at radius 3 is 2.67 bits per heavy atom. The number of hydrogen-bond acceptors (Lipinski definition) is 5. The minimum atomic E-state index is -4.55. The van der Waals surface area contributed by atoms with E-state index < -0.39 is 18.0 Å². The highest BCUT2D eigenvalue weighted by Crippen LogP contribution is 2.30. The molecule has 3 heterocycles. The molecule has 3 rings (SSSR count). The molecule has 10 heteroatoms. The molecule has 0 spiro atoms. The van der Waals surface area contributed by atoms with Gasteiger partial charge in [-0.05, 0) is 19.9 Å². The topological polar surface area (TPSA) is 77.3 Å². The van der Waals surface area contributed by atoms with E-state index in [1.807, 2.05) is 0 Å². The van der Waals surface area contributed by atoms with Crippen molar-refractivity contribution in [3.8, 4) is 5.75 Å². The number of nitrogens with zero attached hydrogens (tertiary/aromatic N) is 4.